The van der Waals surface area contributed by atoms with E-state index in [0.717, 1.165) is 55.7 Å². The molecule has 14 heteroatoms. The van der Waals surface area contributed by atoms with Gasteiger partial charge in [-0.3, -0.25) is 23.5 Å². The Bertz CT molecular complexity index is 2450. The number of hydrogen-bond donors (Lipinski definition) is 3. The van der Waals surface area contributed by atoms with Gasteiger partial charge in [-0.1, -0.05) is 63.8 Å². The van der Waals surface area contributed by atoms with Crippen LogP contribution in [0.15, 0.2) is 58.1 Å². The molecule has 3 N–H and O–H groups in total. The number of fused-ring (bicyclic) bond motifs is 2. The highest BCUT2D eigenvalue weighted by atomic mass is 16.5. The first-order valence-electron chi connectivity index (χ1n) is 19.9. The van der Waals surface area contributed by atoms with Crippen molar-refractivity contribution in [3.05, 3.63) is 92.0 Å². The van der Waals surface area contributed by atoms with Gasteiger partial charge in [0.05, 0.1) is 6.10 Å². The number of H-pyrrole nitrogens is 2. The van der Waals surface area contributed by atoms with Gasteiger partial charge < -0.3 is 24.5 Å². The number of ketones is 1. The molecule has 4 aromatic heterocycles. The summed E-state index contributed by atoms with van der Waals surface area (Å²) in [6.45, 7) is 8.20. The zero-order valence-corrected chi connectivity index (χ0v) is 32.5. The lowest BCUT2D eigenvalue weighted by atomic mass is 10.1. The molecule has 2 fully saturated rings. The maximum atomic E-state index is 13.1. The van der Waals surface area contributed by atoms with E-state index in [9.17, 15) is 19.5 Å². The first kappa shape index (κ1) is 38.6. The summed E-state index contributed by atoms with van der Waals surface area (Å²) in [6.07, 6.45) is 10.1. The molecule has 2 aliphatic carbocycles. The average molecular weight is 763 g/mol. The van der Waals surface area contributed by atoms with Gasteiger partial charge >= 0.3 is 12.0 Å². The summed E-state index contributed by atoms with van der Waals surface area (Å²) in [7, 11) is 0. The predicted octanol–water partition coefficient (Wildman–Crippen LogP) is 8.21. The highest BCUT2D eigenvalue weighted by Crippen LogP contribution is 2.34. The molecule has 56 heavy (non-hydrogen) atoms. The first-order chi connectivity index (χ1) is 27.1. The van der Waals surface area contributed by atoms with Crippen molar-refractivity contribution in [1.82, 2.24) is 39.0 Å². The third-order valence-corrected chi connectivity index (χ3v) is 10.6. The van der Waals surface area contributed by atoms with E-state index in [0.29, 0.717) is 64.3 Å². The molecule has 6 aromatic rings. The van der Waals surface area contributed by atoms with Crippen molar-refractivity contribution in [2.75, 3.05) is 0 Å². The molecule has 14 nitrogen and oxygen atoms in total. The number of aromatic nitrogens is 8. The second-order valence-electron chi connectivity index (χ2n) is 14.8. The molecule has 2 aliphatic rings. The van der Waals surface area contributed by atoms with Crippen molar-refractivity contribution in [3.8, 4) is 23.5 Å². The highest BCUT2D eigenvalue weighted by molar-refractivity contribution is 5.94. The third-order valence-electron chi connectivity index (χ3n) is 10.6. The van der Waals surface area contributed by atoms with Gasteiger partial charge in [-0.05, 0) is 82.2 Å². The van der Waals surface area contributed by atoms with Crippen molar-refractivity contribution < 1.29 is 19.4 Å². The number of nitrogens with one attached hydrogen (secondary N) is 2. The van der Waals surface area contributed by atoms with Crippen molar-refractivity contribution in [1.29, 1.82) is 0 Å². The zero-order valence-electron chi connectivity index (χ0n) is 32.5. The van der Waals surface area contributed by atoms with Crippen LogP contribution in [-0.2, 0) is 13.1 Å². The number of hydrogen-bond acceptors (Lipinski definition) is 10. The normalized spacial score (nSPS) is 15.3. The summed E-state index contributed by atoms with van der Waals surface area (Å²) in [4.78, 5) is 62.5. The van der Waals surface area contributed by atoms with E-state index in [4.69, 9.17) is 9.47 Å². The van der Waals surface area contributed by atoms with Gasteiger partial charge in [-0.25, -0.2) is 9.97 Å². The number of nitrogens with zero attached hydrogens (tertiary/aromatic N) is 6. The first-order valence-corrected chi connectivity index (χ1v) is 19.9. The number of rotatable bonds is 12. The molecule has 0 spiro atoms. The van der Waals surface area contributed by atoms with Crippen molar-refractivity contribution >= 4 is 28.1 Å². The molecule has 8 rings (SSSR count). The van der Waals surface area contributed by atoms with Gasteiger partial charge in [0, 0.05) is 30.5 Å². The van der Waals surface area contributed by atoms with Crippen molar-refractivity contribution in [2.24, 2.45) is 0 Å². The fourth-order valence-corrected chi connectivity index (χ4v) is 7.58. The van der Waals surface area contributed by atoms with E-state index < -0.39 is 6.10 Å². The quantitative estimate of drug-likeness (QED) is 0.103. The van der Waals surface area contributed by atoms with Crippen LogP contribution in [0.4, 0.5) is 0 Å². The number of ether oxygens (including phenoxy) is 2. The standard InChI is InChI=1S/C21H26N4O3.C21H24N4O3/c2*1-3-11-25-20(27)17-19(23-18(22-17)14-7-4-5-8-14)24-21(25)28-16-10-6-9-15(12-16)13(2)26/h6,9-10,12-14,26H,3-5,7-8,11H2,1-2H3,(H,22,23);6,9-10,12,14H,3-5,7-8,11H2,1-2H3,(H,22,23). The van der Waals surface area contributed by atoms with Gasteiger partial charge in [-0.2, -0.15) is 9.97 Å². The number of aliphatic hydroxyl groups is 1. The van der Waals surface area contributed by atoms with Gasteiger partial charge in [0.1, 0.15) is 23.1 Å². The van der Waals surface area contributed by atoms with Crippen LogP contribution in [0.25, 0.3) is 22.3 Å². The topological polar surface area (TPSA) is 183 Å². The Morgan fingerprint density at radius 2 is 1.21 bits per heavy atom. The number of carbonyl (C=O) groups excluding carboxylic acids is 1. The van der Waals surface area contributed by atoms with Gasteiger partial charge in [0.2, 0.25) is 0 Å². The molecule has 2 aromatic carbocycles. The molecular formula is C42H50N8O6. The maximum absolute atomic E-state index is 13.1. The van der Waals surface area contributed by atoms with Crippen LogP contribution in [0.1, 0.15) is 137 Å². The van der Waals surface area contributed by atoms with Crippen LogP contribution in [-0.4, -0.2) is 49.9 Å². The number of imidazole rings is 2. The van der Waals surface area contributed by atoms with E-state index >= 15 is 0 Å². The number of aromatic amines is 2. The van der Waals surface area contributed by atoms with Gasteiger partial charge in [-0.15, -0.1) is 0 Å². The van der Waals surface area contributed by atoms with Crippen molar-refractivity contribution in [3.63, 3.8) is 0 Å². The molecule has 294 valence electrons. The minimum absolute atomic E-state index is 0.0479. The van der Waals surface area contributed by atoms with Gasteiger partial charge in [0.25, 0.3) is 11.1 Å². The zero-order chi connectivity index (χ0) is 39.3. The van der Waals surface area contributed by atoms with Crippen LogP contribution in [0, 0.1) is 0 Å². The molecule has 0 saturated heterocycles. The summed E-state index contributed by atoms with van der Waals surface area (Å²) in [5, 5.41) is 9.80. The van der Waals surface area contributed by atoms with Crippen LogP contribution >= 0.6 is 0 Å². The predicted molar refractivity (Wildman–Crippen MR) is 213 cm³/mol. The van der Waals surface area contributed by atoms with Crippen LogP contribution < -0.4 is 20.6 Å². The summed E-state index contributed by atoms with van der Waals surface area (Å²) in [5.74, 6) is 3.39. The number of carbonyl (C=O) groups is 1. The van der Waals surface area contributed by atoms with E-state index in [1.165, 1.54) is 37.2 Å². The Balaban J connectivity index is 0.000000172. The number of Topliss-reactive ketones (excluding diaryl/α,β-unsaturated/α-hetero) is 1. The fourth-order valence-electron chi connectivity index (χ4n) is 7.58. The average Bonchev–Trinajstić information content (AvgIpc) is 4.03. The van der Waals surface area contributed by atoms with Crippen LogP contribution in [0.2, 0.25) is 0 Å². The molecular weight excluding hydrogens is 713 g/mol. The second-order valence-corrected chi connectivity index (χ2v) is 14.8. The third kappa shape index (κ3) is 8.30. The molecule has 1 atom stereocenters. The molecule has 0 bridgehead atoms. The molecule has 4 heterocycles. The Morgan fingerprint density at radius 1 is 0.750 bits per heavy atom. The SMILES string of the molecule is CCCn1c(Oc2cccc(C(C)=O)c2)nc2nc(C3CCCC3)[nH]c2c1=O.CCCn1c(Oc2cccc(C(C)O)c2)nc2nc(C3CCCC3)[nH]c2c1=O. The lowest BCUT2D eigenvalue weighted by molar-refractivity contribution is 0.101. The second kappa shape index (κ2) is 17.0. The largest absolute Gasteiger partial charge is 0.425 e. The Kier molecular flexibility index (Phi) is 11.7. The van der Waals surface area contributed by atoms with E-state index in [2.05, 4.69) is 29.9 Å². The molecule has 0 aliphatic heterocycles. The Hall–Kier alpha value is -5.63. The molecule has 2 saturated carbocycles. The van der Waals surface area contributed by atoms with Crippen LogP contribution in [0.3, 0.4) is 0 Å². The summed E-state index contributed by atoms with van der Waals surface area (Å²) >= 11 is 0. The minimum atomic E-state index is -0.600. The van der Waals surface area contributed by atoms with E-state index in [-0.39, 0.29) is 28.9 Å². The highest BCUT2D eigenvalue weighted by Gasteiger charge is 2.25. The number of aliphatic hydroxyl groups excluding tert-OH is 1. The fraction of sp³-hybridized carbons (Fsp3) is 0.452. The number of benzene rings is 2. The monoisotopic (exact) mass is 762 g/mol. The van der Waals surface area contributed by atoms with Gasteiger partial charge in [0.15, 0.2) is 28.1 Å². The summed E-state index contributed by atoms with van der Waals surface area (Å²) in [5.41, 5.74) is 2.61. The smallest absolute Gasteiger partial charge is 0.306 e. The van der Waals surface area contributed by atoms with Crippen molar-refractivity contribution in [2.45, 2.75) is 123 Å². The Labute approximate surface area is 324 Å². The van der Waals surface area contributed by atoms with Crippen LogP contribution in [0.5, 0.6) is 23.5 Å². The maximum Gasteiger partial charge on any atom is 0.306 e. The summed E-state index contributed by atoms with van der Waals surface area (Å²) < 4.78 is 15.0. The van der Waals surface area contributed by atoms with E-state index in [1.54, 1.807) is 47.9 Å². The summed E-state index contributed by atoms with van der Waals surface area (Å²) in [6, 6.07) is 14.5. The minimum Gasteiger partial charge on any atom is -0.425 e. The molecule has 0 amide bonds. The molecule has 0 radical (unpaired) electrons. The lowest BCUT2D eigenvalue weighted by Crippen LogP contribution is -2.23. The molecule has 1 unspecified atom stereocenters. The lowest BCUT2D eigenvalue weighted by Gasteiger charge is -2.13. The van der Waals surface area contributed by atoms with E-state index in [1.807, 2.05) is 26.0 Å². The Morgan fingerprint density at radius 3 is 1.66 bits per heavy atom.